The second kappa shape index (κ2) is 7.94. The zero-order chi connectivity index (χ0) is 15.9. The third kappa shape index (κ3) is 5.68. The third-order valence-electron chi connectivity index (χ3n) is 2.97. The average Bonchev–Trinajstić information content (AvgIpc) is 2.46. The van der Waals surface area contributed by atoms with Crippen molar-refractivity contribution < 1.29 is 13.2 Å². The molecule has 0 bridgehead atoms. The maximum Gasteiger partial charge on any atom is 0.242 e. The summed E-state index contributed by atoms with van der Waals surface area (Å²) in [6.45, 7) is 3.92. The minimum Gasteiger partial charge on any atom is -0.373 e. The van der Waals surface area contributed by atoms with Crippen LogP contribution >= 0.6 is 0 Å². The summed E-state index contributed by atoms with van der Waals surface area (Å²) in [5.41, 5.74) is 0. The number of hydrogen-bond acceptors (Lipinski definition) is 5. The predicted octanol–water partition coefficient (Wildman–Crippen LogP) is 0.706. The Labute approximate surface area is 125 Å². The fourth-order valence-electron chi connectivity index (χ4n) is 1.52. The number of nitrogens with one attached hydrogen (secondary N) is 3. The van der Waals surface area contributed by atoms with E-state index in [2.05, 4.69) is 20.3 Å². The molecule has 118 valence electrons. The smallest absolute Gasteiger partial charge is 0.242 e. The number of amides is 1. The quantitative estimate of drug-likeness (QED) is 0.656. The summed E-state index contributed by atoms with van der Waals surface area (Å²) >= 11 is 0. The van der Waals surface area contributed by atoms with E-state index in [0.29, 0.717) is 5.82 Å². The van der Waals surface area contributed by atoms with E-state index in [-0.39, 0.29) is 29.8 Å². The van der Waals surface area contributed by atoms with Crippen molar-refractivity contribution in [2.45, 2.75) is 37.6 Å². The summed E-state index contributed by atoms with van der Waals surface area (Å²) in [6.07, 6.45) is 2.21. The summed E-state index contributed by atoms with van der Waals surface area (Å²) < 4.78 is 26.4. The lowest BCUT2D eigenvalue weighted by atomic mass is 10.2. The monoisotopic (exact) mass is 314 g/mol. The Morgan fingerprint density at radius 3 is 2.62 bits per heavy atom. The molecular formula is C13H22N4O3S. The Morgan fingerprint density at radius 2 is 2.10 bits per heavy atom. The van der Waals surface area contributed by atoms with E-state index >= 15 is 0 Å². The van der Waals surface area contributed by atoms with E-state index in [1.165, 1.54) is 12.3 Å². The van der Waals surface area contributed by atoms with Crippen molar-refractivity contribution in [1.82, 2.24) is 15.0 Å². The molecule has 0 aliphatic rings. The van der Waals surface area contributed by atoms with Crippen molar-refractivity contribution >= 4 is 21.7 Å². The largest absolute Gasteiger partial charge is 0.373 e. The number of hydrogen-bond donors (Lipinski definition) is 3. The van der Waals surface area contributed by atoms with Gasteiger partial charge in [0.15, 0.2) is 0 Å². The van der Waals surface area contributed by atoms with Crippen molar-refractivity contribution in [2.75, 3.05) is 18.9 Å². The summed E-state index contributed by atoms with van der Waals surface area (Å²) in [5, 5.41) is 5.58. The normalized spacial score (nSPS) is 12.7. The zero-order valence-electron chi connectivity index (χ0n) is 12.5. The lowest BCUT2D eigenvalue weighted by Gasteiger charge is -2.11. The Balaban J connectivity index is 2.51. The molecule has 1 aromatic heterocycles. The topological polar surface area (TPSA) is 100 Å². The van der Waals surface area contributed by atoms with E-state index < -0.39 is 10.0 Å². The minimum absolute atomic E-state index is 0.0539. The molecule has 0 aliphatic carbocycles. The van der Waals surface area contributed by atoms with Crippen LogP contribution in [0.3, 0.4) is 0 Å². The Morgan fingerprint density at radius 1 is 1.38 bits per heavy atom. The van der Waals surface area contributed by atoms with Crippen molar-refractivity contribution in [2.24, 2.45) is 0 Å². The van der Waals surface area contributed by atoms with Crippen LogP contribution < -0.4 is 15.4 Å². The molecule has 1 amide bonds. The molecule has 1 unspecified atom stereocenters. The predicted molar refractivity (Wildman–Crippen MR) is 81.5 cm³/mol. The fourth-order valence-corrected chi connectivity index (χ4v) is 2.49. The number of sulfonamides is 1. The van der Waals surface area contributed by atoms with Crippen molar-refractivity contribution in [3.05, 3.63) is 18.3 Å². The van der Waals surface area contributed by atoms with Crippen LogP contribution in [0.2, 0.25) is 0 Å². The van der Waals surface area contributed by atoms with Crippen molar-refractivity contribution in [3.8, 4) is 0 Å². The van der Waals surface area contributed by atoms with Gasteiger partial charge in [0, 0.05) is 32.3 Å². The molecule has 0 saturated heterocycles. The number of aromatic nitrogens is 1. The van der Waals surface area contributed by atoms with Crippen LogP contribution in [0.5, 0.6) is 0 Å². The first-order chi connectivity index (χ1) is 9.89. The van der Waals surface area contributed by atoms with Gasteiger partial charge in [-0.25, -0.2) is 18.1 Å². The molecule has 0 aliphatic heterocycles. The van der Waals surface area contributed by atoms with Gasteiger partial charge in [-0.2, -0.15) is 0 Å². The van der Waals surface area contributed by atoms with Gasteiger partial charge in [0.1, 0.15) is 10.7 Å². The van der Waals surface area contributed by atoms with E-state index in [4.69, 9.17) is 0 Å². The van der Waals surface area contributed by atoms with Gasteiger partial charge in [0.2, 0.25) is 15.9 Å². The molecule has 1 atom stereocenters. The maximum atomic E-state index is 12.0. The molecule has 0 spiro atoms. The van der Waals surface area contributed by atoms with E-state index in [1.807, 2.05) is 13.8 Å². The van der Waals surface area contributed by atoms with Gasteiger partial charge in [-0.15, -0.1) is 0 Å². The van der Waals surface area contributed by atoms with Gasteiger partial charge in [-0.05, 0) is 25.5 Å². The molecule has 0 saturated carbocycles. The van der Waals surface area contributed by atoms with Crippen LogP contribution in [0.15, 0.2) is 23.2 Å². The molecule has 21 heavy (non-hydrogen) atoms. The van der Waals surface area contributed by atoms with Crippen LogP contribution in [0.1, 0.15) is 26.7 Å². The fraction of sp³-hybridized carbons (Fsp3) is 0.538. The highest BCUT2D eigenvalue weighted by Gasteiger charge is 2.15. The van der Waals surface area contributed by atoms with Gasteiger partial charge in [-0.3, -0.25) is 4.79 Å². The number of anilines is 1. The summed E-state index contributed by atoms with van der Waals surface area (Å²) in [7, 11) is -1.94. The van der Waals surface area contributed by atoms with E-state index in [9.17, 15) is 13.2 Å². The Kier molecular flexibility index (Phi) is 6.57. The molecule has 3 N–H and O–H groups in total. The van der Waals surface area contributed by atoms with Crippen LogP contribution in [0.4, 0.5) is 5.82 Å². The summed E-state index contributed by atoms with van der Waals surface area (Å²) in [4.78, 5) is 15.6. The molecule has 7 nitrogen and oxygen atoms in total. The van der Waals surface area contributed by atoms with Crippen molar-refractivity contribution in [1.29, 1.82) is 0 Å². The van der Waals surface area contributed by atoms with Crippen LogP contribution in [-0.2, 0) is 14.8 Å². The first-order valence-corrected chi connectivity index (χ1v) is 8.30. The average molecular weight is 314 g/mol. The van der Waals surface area contributed by atoms with Crippen molar-refractivity contribution in [3.63, 3.8) is 0 Å². The molecule has 1 rings (SSSR count). The number of carbonyl (C=O) groups is 1. The number of pyridine rings is 1. The van der Waals surface area contributed by atoms with Gasteiger partial charge in [-0.1, -0.05) is 6.92 Å². The highest BCUT2D eigenvalue weighted by molar-refractivity contribution is 7.89. The minimum atomic E-state index is -3.64. The van der Waals surface area contributed by atoms with Gasteiger partial charge in [0.05, 0.1) is 0 Å². The SMILES string of the molecule is CCC(C)NC(=O)CCNS(=O)(=O)c1ccc(NC)nc1. The molecule has 0 aromatic carbocycles. The first-order valence-electron chi connectivity index (χ1n) is 6.82. The summed E-state index contributed by atoms with van der Waals surface area (Å²) in [6, 6.07) is 3.12. The van der Waals surface area contributed by atoms with E-state index in [1.54, 1.807) is 13.1 Å². The second-order valence-corrected chi connectivity index (χ2v) is 6.42. The molecule has 1 heterocycles. The van der Waals surface area contributed by atoms with Crippen LogP contribution in [-0.4, -0.2) is 38.9 Å². The summed E-state index contributed by atoms with van der Waals surface area (Å²) in [5.74, 6) is 0.414. The van der Waals surface area contributed by atoms with Gasteiger partial charge in [0.25, 0.3) is 0 Å². The van der Waals surface area contributed by atoms with Crippen LogP contribution in [0, 0.1) is 0 Å². The molecule has 0 fully saturated rings. The molecule has 0 radical (unpaired) electrons. The van der Waals surface area contributed by atoms with Gasteiger partial charge >= 0.3 is 0 Å². The lowest BCUT2D eigenvalue weighted by molar-refractivity contribution is -0.121. The number of rotatable bonds is 8. The first kappa shape index (κ1) is 17.4. The second-order valence-electron chi connectivity index (χ2n) is 4.65. The zero-order valence-corrected chi connectivity index (χ0v) is 13.3. The Hall–Kier alpha value is -1.67. The van der Waals surface area contributed by atoms with Crippen LogP contribution in [0.25, 0.3) is 0 Å². The highest BCUT2D eigenvalue weighted by Crippen LogP contribution is 2.09. The number of nitrogens with zero attached hydrogens (tertiary/aromatic N) is 1. The third-order valence-corrected chi connectivity index (χ3v) is 4.41. The lowest BCUT2D eigenvalue weighted by Crippen LogP contribution is -2.35. The maximum absolute atomic E-state index is 12.0. The highest BCUT2D eigenvalue weighted by atomic mass is 32.2. The standard InChI is InChI=1S/C13H22N4O3S/c1-4-10(2)17-13(18)7-8-16-21(19,20)11-5-6-12(14-3)15-9-11/h5-6,9-10,16H,4,7-8H2,1-3H3,(H,14,15)(H,17,18). The Bertz CT molecular complexity index is 557. The van der Waals surface area contributed by atoms with Gasteiger partial charge < -0.3 is 10.6 Å². The number of carbonyl (C=O) groups excluding carboxylic acids is 1. The molecular weight excluding hydrogens is 292 g/mol. The molecule has 8 heteroatoms. The van der Waals surface area contributed by atoms with E-state index in [0.717, 1.165) is 6.42 Å². The molecule has 1 aromatic rings.